The van der Waals surface area contributed by atoms with Crippen molar-refractivity contribution in [2.24, 2.45) is 0 Å². The number of nitrogens with zero attached hydrogens (tertiary/aromatic N) is 4. The molecule has 2 atom stereocenters. The van der Waals surface area contributed by atoms with E-state index in [1.807, 2.05) is 0 Å². The summed E-state index contributed by atoms with van der Waals surface area (Å²) in [5.74, 6) is -2.92. The number of aliphatic hydroxyl groups is 1. The zero-order valence-electron chi connectivity index (χ0n) is 17.3. The molecular formula is C22H18F4N4O3. The minimum Gasteiger partial charge on any atom is -0.380 e. The van der Waals surface area contributed by atoms with Crippen LogP contribution in [0.5, 0.6) is 0 Å². The molecule has 172 valence electrons. The first kappa shape index (κ1) is 22.6. The third-order valence-electron chi connectivity index (χ3n) is 5.18. The Kier molecular flexibility index (Phi) is 6.25. The summed E-state index contributed by atoms with van der Waals surface area (Å²) in [4.78, 5) is 3.80. The fourth-order valence-corrected chi connectivity index (χ4v) is 3.38. The first-order chi connectivity index (χ1) is 15.8. The highest BCUT2D eigenvalue weighted by Gasteiger charge is 2.40. The van der Waals surface area contributed by atoms with Crippen molar-refractivity contribution in [2.45, 2.75) is 31.8 Å². The number of ether oxygens (including phenoxy) is 1. The second kappa shape index (κ2) is 9.12. The van der Waals surface area contributed by atoms with Crippen molar-refractivity contribution in [1.82, 2.24) is 19.9 Å². The largest absolute Gasteiger partial charge is 0.380 e. The number of hydrogen-bond acceptors (Lipinski definition) is 6. The molecule has 2 heterocycles. The lowest BCUT2D eigenvalue weighted by molar-refractivity contribution is -0.126. The maximum absolute atomic E-state index is 14.6. The highest BCUT2D eigenvalue weighted by atomic mass is 19.1. The molecule has 2 aromatic carbocycles. The fraction of sp³-hybridized carbons (Fsp3) is 0.227. The summed E-state index contributed by atoms with van der Waals surface area (Å²) in [5.41, 5.74) is -2.20. The fourth-order valence-electron chi connectivity index (χ4n) is 3.38. The van der Waals surface area contributed by atoms with Gasteiger partial charge in [0.05, 0.1) is 12.6 Å². The molecule has 33 heavy (non-hydrogen) atoms. The summed E-state index contributed by atoms with van der Waals surface area (Å²) in [6.07, 6.45) is 1.52. The second-order valence-corrected chi connectivity index (χ2v) is 7.40. The van der Waals surface area contributed by atoms with E-state index in [4.69, 9.17) is 9.26 Å². The molecule has 11 heteroatoms. The van der Waals surface area contributed by atoms with Gasteiger partial charge in [-0.2, -0.15) is 5.10 Å². The smallest absolute Gasteiger partial charge is 0.163 e. The number of aromatic nitrogens is 4. The van der Waals surface area contributed by atoms with Gasteiger partial charge in [-0.05, 0) is 31.2 Å². The van der Waals surface area contributed by atoms with Crippen molar-refractivity contribution >= 4 is 0 Å². The van der Waals surface area contributed by atoms with Gasteiger partial charge < -0.3 is 14.4 Å². The number of rotatable bonds is 8. The second-order valence-electron chi connectivity index (χ2n) is 7.40. The van der Waals surface area contributed by atoms with Gasteiger partial charge in [0.25, 0.3) is 0 Å². The van der Waals surface area contributed by atoms with Crippen LogP contribution in [0.15, 0.2) is 59.6 Å². The molecule has 0 radical (unpaired) electrons. The molecule has 0 bridgehead atoms. The van der Waals surface area contributed by atoms with Gasteiger partial charge in [0, 0.05) is 23.3 Å². The molecule has 4 rings (SSSR count). The normalized spacial score (nSPS) is 14.2. The quantitative estimate of drug-likeness (QED) is 0.399. The average Bonchev–Trinajstić information content (AvgIpc) is 3.45. The topological polar surface area (TPSA) is 86.2 Å². The standard InChI is InChI=1S/C22H18F4N4O3/c1-13(32-9-16-8-21(29-33-16)17-6-14(23)3-5-19(17)25)22(31,10-30-12-27-11-28-30)18-4-2-15(24)7-20(18)26/h2-8,11-13,31H,9-10H2,1H3/t13-,22?/m1/s1. The third-order valence-corrected chi connectivity index (χ3v) is 5.18. The van der Waals surface area contributed by atoms with Crippen LogP contribution in [0.25, 0.3) is 11.3 Å². The number of benzene rings is 2. The van der Waals surface area contributed by atoms with Crippen LogP contribution in [0, 0.1) is 23.3 Å². The molecule has 0 aliphatic carbocycles. The van der Waals surface area contributed by atoms with Gasteiger partial charge in [-0.25, -0.2) is 27.2 Å². The lowest BCUT2D eigenvalue weighted by Gasteiger charge is -2.34. The van der Waals surface area contributed by atoms with E-state index < -0.39 is 35.0 Å². The van der Waals surface area contributed by atoms with Crippen LogP contribution in [0.3, 0.4) is 0 Å². The Labute approximate surface area is 185 Å². The Bertz CT molecular complexity index is 1250. The molecule has 4 aromatic rings. The van der Waals surface area contributed by atoms with Gasteiger partial charge in [-0.1, -0.05) is 11.2 Å². The van der Waals surface area contributed by atoms with E-state index in [-0.39, 0.29) is 35.7 Å². The van der Waals surface area contributed by atoms with Crippen molar-refractivity contribution < 1.29 is 31.9 Å². The van der Waals surface area contributed by atoms with Crippen LogP contribution >= 0.6 is 0 Å². The first-order valence-electron chi connectivity index (χ1n) is 9.79. The van der Waals surface area contributed by atoms with Crippen LogP contribution < -0.4 is 0 Å². The molecule has 0 aliphatic heterocycles. The van der Waals surface area contributed by atoms with Gasteiger partial charge in [0.15, 0.2) is 5.76 Å². The van der Waals surface area contributed by atoms with E-state index in [0.29, 0.717) is 6.07 Å². The molecule has 1 unspecified atom stereocenters. The maximum atomic E-state index is 14.6. The maximum Gasteiger partial charge on any atom is 0.163 e. The number of hydrogen-bond donors (Lipinski definition) is 1. The minimum absolute atomic E-state index is 0.0562. The van der Waals surface area contributed by atoms with E-state index in [1.54, 1.807) is 0 Å². The van der Waals surface area contributed by atoms with Gasteiger partial charge in [-0.15, -0.1) is 0 Å². The zero-order chi connectivity index (χ0) is 23.6. The first-order valence-corrected chi connectivity index (χ1v) is 9.79. The highest BCUT2D eigenvalue weighted by molar-refractivity contribution is 5.59. The van der Waals surface area contributed by atoms with E-state index in [2.05, 4.69) is 15.2 Å². The highest BCUT2D eigenvalue weighted by Crippen LogP contribution is 2.32. The summed E-state index contributed by atoms with van der Waals surface area (Å²) >= 11 is 0. The van der Waals surface area contributed by atoms with E-state index in [9.17, 15) is 22.7 Å². The Morgan fingerprint density at radius 3 is 2.55 bits per heavy atom. The summed E-state index contributed by atoms with van der Waals surface area (Å²) in [6.45, 7) is 1.02. The van der Waals surface area contributed by atoms with Crippen molar-refractivity contribution in [3.8, 4) is 11.3 Å². The molecule has 0 fully saturated rings. The Morgan fingerprint density at radius 2 is 1.82 bits per heavy atom. The van der Waals surface area contributed by atoms with Gasteiger partial charge >= 0.3 is 0 Å². The summed E-state index contributed by atoms with van der Waals surface area (Å²) < 4.78 is 67.6. The van der Waals surface area contributed by atoms with Crippen LogP contribution in [0.4, 0.5) is 17.6 Å². The van der Waals surface area contributed by atoms with Crippen LogP contribution in [-0.4, -0.2) is 31.1 Å². The van der Waals surface area contributed by atoms with Crippen molar-refractivity contribution in [3.05, 3.63) is 89.7 Å². The molecule has 0 aliphatic rings. The van der Waals surface area contributed by atoms with Crippen molar-refractivity contribution in [3.63, 3.8) is 0 Å². The molecular weight excluding hydrogens is 444 g/mol. The SMILES string of the molecule is C[C@@H](OCc1cc(-c2cc(F)ccc2F)no1)C(O)(Cn1cncn1)c1ccc(F)cc1F. The molecule has 0 saturated heterocycles. The Morgan fingerprint density at radius 1 is 1.06 bits per heavy atom. The predicted octanol–water partition coefficient (Wildman–Crippen LogP) is 3.98. The van der Waals surface area contributed by atoms with Crippen molar-refractivity contribution in [1.29, 1.82) is 0 Å². The van der Waals surface area contributed by atoms with Crippen LogP contribution in [0.2, 0.25) is 0 Å². The Hall–Kier alpha value is -3.57. The summed E-state index contributed by atoms with van der Waals surface area (Å²) in [5, 5.41) is 19.1. The molecule has 1 N–H and O–H groups in total. The molecule has 0 amide bonds. The molecule has 2 aromatic heterocycles. The Balaban J connectivity index is 1.56. The third kappa shape index (κ3) is 4.78. The summed E-state index contributed by atoms with van der Waals surface area (Å²) in [6, 6.07) is 7.10. The van der Waals surface area contributed by atoms with E-state index in [0.717, 1.165) is 30.3 Å². The lowest BCUT2D eigenvalue weighted by atomic mass is 9.88. The van der Waals surface area contributed by atoms with Gasteiger partial charge in [-0.3, -0.25) is 0 Å². The van der Waals surface area contributed by atoms with Crippen LogP contribution in [-0.2, 0) is 23.5 Å². The number of halogens is 4. The zero-order valence-corrected chi connectivity index (χ0v) is 17.3. The van der Waals surface area contributed by atoms with Gasteiger partial charge in [0.1, 0.15) is 53.8 Å². The van der Waals surface area contributed by atoms with E-state index >= 15 is 0 Å². The molecule has 0 saturated carbocycles. The van der Waals surface area contributed by atoms with Gasteiger partial charge in [0.2, 0.25) is 0 Å². The van der Waals surface area contributed by atoms with E-state index in [1.165, 1.54) is 30.3 Å². The van der Waals surface area contributed by atoms with Crippen LogP contribution in [0.1, 0.15) is 18.2 Å². The lowest BCUT2D eigenvalue weighted by Crippen LogP contribution is -2.44. The minimum atomic E-state index is -1.97. The molecule has 7 nitrogen and oxygen atoms in total. The monoisotopic (exact) mass is 462 g/mol. The predicted molar refractivity (Wildman–Crippen MR) is 106 cm³/mol. The summed E-state index contributed by atoms with van der Waals surface area (Å²) in [7, 11) is 0. The van der Waals surface area contributed by atoms with Crippen molar-refractivity contribution in [2.75, 3.05) is 0 Å². The average molecular weight is 462 g/mol. The molecule has 0 spiro atoms.